The number of imide groups is 1. The van der Waals surface area contributed by atoms with E-state index in [4.69, 9.17) is 74.3 Å². The zero-order valence-electron chi connectivity index (χ0n) is 15.1. The average molecular weight is 517 g/mol. The van der Waals surface area contributed by atoms with Crippen LogP contribution < -0.4 is 5.32 Å². The molecular weight excluding hydrogens is 497 g/mol. The lowest BCUT2D eigenvalue weighted by atomic mass is 10.1. The van der Waals surface area contributed by atoms with Gasteiger partial charge in [-0.05, 0) is 25.7 Å². The monoisotopic (exact) mass is 514 g/mol. The van der Waals surface area contributed by atoms with Crippen molar-refractivity contribution in [3.05, 3.63) is 11.8 Å². The van der Waals surface area contributed by atoms with Crippen molar-refractivity contribution < 1.29 is 19.1 Å². The number of ether oxygens (including phenoxy) is 1. The molecule has 3 amide bonds. The Morgan fingerprint density at radius 3 is 2.21 bits per heavy atom. The molecule has 0 aromatic heterocycles. The van der Waals surface area contributed by atoms with Gasteiger partial charge in [-0.25, -0.2) is 0 Å². The molecule has 0 spiro atoms. The summed E-state index contributed by atoms with van der Waals surface area (Å²) in [7, 11) is 1.37. The Morgan fingerprint density at radius 2 is 1.75 bits per heavy atom. The molecule has 1 aliphatic heterocycles. The lowest BCUT2D eigenvalue weighted by molar-refractivity contribution is -0.146. The number of carbonyl (C=O) groups is 3. The summed E-state index contributed by atoms with van der Waals surface area (Å²) in [4.78, 5) is 38.4. The first-order valence-corrected chi connectivity index (χ1v) is 10.6. The summed E-state index contributed by atoms with van der Waals surface area (Å²) in [5, 5.41) is 2.56. The maximum absolute atomic E-state index is 13.1. The third-order valence-corrected chi connectivity index (χ3v) is 5.12. The van der Waals surface area contributed by atoms with Crippen molar-refractivity contribution in [2.24, 2.45) is 0 Å². The molecule has 0 aromatic carbocycles. The van der Waals surface area contributed by atoms with E-state index >= 15 is 0 Å². The molecule has 0 aliphatic carbocycles. The Balaban J connectivity index is 3.07. The fourth-order valence-corrected chi connectivity index (χ4v) is 3.28. The largest absolute Gasteiger partial charge is 0.499 e. The van der Waals surface area contributed by atoms with Gasteiger partial charge < -0.3 is 10.1 Å². The van der Waals surface area contributed by atoms with Gasteiger partial charge in [-0.2, -0.15) is 0 Å². The average Bonchev–Trinajstić information content (AvgIpc) is 2.89. The van der Waals surface area contributed by atoms with E-state index in [2.05, 4.69) is 5.32 Å². The molecule has 6 nitrogen and oxygen atoms in total. The van der Waals surface area contributed by atoms with Gasteiger partial charge in [0.25, 0.3) is 11.8 Å². The number of nitrogens with zero attached hydrogens (tertiary/aromatic N) is 1. The number of carbonyl (C=O) groups excluding carboxylic acids is 3. The maximum Gasteiger partial charge on any atom is 0.257 e. The van der Waals surface area contributed by atoms with Crippen LogP contribution in [0.1, 0.15) is 39.0 Å². The highest BCUT2D eigenvalue weighted by Crippen LogP contribution is 2.36. The normalized spacial score (nSPS) is 18.7. The third kappa shape index (κ3) is 8.33. The Morgan fingerprint density at radius 1 is 1.18 bits per heavy atom. The molecule has 1 unspecified atom stereocenters. The summed E-state index contributed by atoms with van der Waals surface area (Å²) in [6.07, 6.45) is 1.57. The first kappa shape index (κ1) is 25.9. The molecule has 0 bridgehead atoms. The predicted molar refractivity (Wildman–Crippen MR) is 112 cm³/mol. The van der Waals surface area contributed by atoms with Crippen molar-refractivity contribution in [2.45, 2.75) is 58.7 Å². The number of nitrogens with one attached hydrogen (secondary N) is 1. The lowest BCUT2D eigenvalue weighted by Crippen LogP contribution is -2.52. The molecule has 0 saturated carbocycles. The molecule has 0 radical (unpaired) electrons. The number of methoxy groups -OCH3 is 1. The van der Waals surface area contributed by atoms with Gasteiger partial charge in [-0.3, -0.25) is 19.3 Å². The molecule has 1 N–H and O–H groups in total. The standard InChI is InChI=1S/C16H20Cl6N2O4/c1-3-12(25)23-9(4-6-15(17,18)19)14(27)24-10(5-7-16(20,21)22)11(28-2)8-13(24)26/h8-10H,3-7H2,1-2H3,(H,23,25)/t9-,10?/m1/s1. The molecule has 2 atom stereocenters. The van der Waals surface area contributed by atoms with E-state index in [0.29, 0.717) is 0 Å². The van der Waals surface area contributed by atoms with E-state index < -0.39 is 31.5 Å². The van der Waals surface area contributed by atoms with Crippen LogP contribution in [0.2, 0.25) is 0 Å². The molecule has 0 aromatic rings. The minimum atomic E-state index is -1.62. The molecule has 160 valence electrons. The van der Waals surface area contributed by atoms with Crippen LogP contribution in [0.25, 0.3) is 0 Å². The molecular formula is C16H20Cl6N2O4. The number of amides is 3. The van der Waals surface area contributed by atoms with Crippen molar-refractivity contribution in [1.82, 2.24) is 10.2 Å². The van der Waals surface area contributed by atoms with E-state index in [-0.39, 0.29) is 43.8 Å². The van der Waals surface area contributed by atoms with Crippen molar-refractivity contribution in [1.29, 1.82) is 0 Å². The molecule has 1 rings (SSSR count). The summed E-state index contributed by atoms with van der Waals surface area (Å²) in [5.74, 6) is -1.37. The van der Waals surface area contributed by atoms with Crippen LogP contribution in [0.3, 0.4) is 0 Å². The summed E-state index contributed by atoms with van der Waals surface area (Å²) >= 11 is 34.7. The Bertz CT molecular complexity index is 630. The van der Waals surface area contributed by atoms with Gasteiger partial charge in [-0.15, -0.1) is 0 Å². The second kappa shape index (κ2) is 10.8. The molecule has 0 saturated heterocycles. The highest BCUT2D eigenvalue weighted by atomic mass is 35.6. The summed E-state index contributed by atoms with van der Waals surface area (Å²) in [6, 6.07) is -1.83. The van der Waals surface area contributed by atoms with Gasteiger partial charge in [0.05, 0.1) is 13.2 Å². The van der Waals surface area contributed by atoms with Crippen LogP contribution in [-0.2, 0) is 19.1 Å². The molecule has 28 heavy (non-hydrogen) atoms. The number of halogens is 6. The van der Waals surface area contributed by atoms with Gasteiger partial charge in [0.1, 0.15) is 11.8 Å². The van der Waals surface area contributed by atoms with Crippen LogP contribution in [0.4, 0.5) is 0 Å². The van der Waals surface area contributed by atoms with E-state index in [0.717, 1.165) is 4.90 Å². The molecule has 12 heteroatoms. The SMILES string of the molecule is CCC(=O)N[C@H](CCC(Cl)(Cl)Cl)C(=O)N1C(=O)C=C(OC)C1CCC(Cl)(Cl)Cl. The zero-order valence-corrected chi connectivity index (χ0v) is 19.7. The topological polar surface area (TPSA) is 75.7 Å². The van der Waals surface area contributed by atoms with E-state index in [1.54, 1.807) is 6.92 Å². The van der Waals surface area contributed by atoms with Crippen molar-refractivity contribution in [3.8, 4) is 0 Å². The highest BCUT2D eigenvalue weighted by molar-refractivity contribution is 6.67. The number of hydrogen-bond donors (Lipinski definition) is 1. The summed E-state index contributed by atoms with van der Waals surface area (Å²) in [6.45, 7) is 1.63. The van der Waals surface area contributed by atoms with Gasteiger partial charge >= 0.3 is 0 Å². The third-order valence-electron chi connectivity index (χ3n) is 3.99. The van der Waals surface area contributed by atoms with Crippen LogP contribution in [0, 0.1) is 0 Å². The highest BCUT2D eigenvalue weighted by Gasteiger charge is 2.42. The van der Waals surface area contributed by atoms with Crippen molar-refractivity contribution >= 4 is 87.3 Å². The smallest absolute Gasteiger partial charge is 0.257 e. The fourth-order valence-electron chi connectivity index (χ4n) is 2.63. The van der Waals surface area contributed by atoms with Gasteiger partial charge in [0, 0.05) is 12.5 Å². The van der Waals surface area contributed by atoms with Crippen LogP contribution in [-0.4, -0.2) is 49.4 Å². The minimum absolute atomic E-state index is 0.0104. The van der Waals surface area contributed by atoms with Gasteiger partial charge in [-0.1, -0.05) is 76.5 Å². The minimum Gasteiger partial charge on any atom is -0.499 e. The Labute approximate surface area is 193 Å². The first-order chi connectivity index (χ1) is 12.8. The van der Waals surface area contributed by atoms with E-state index in [9.17, 15) is 14.4 Å². The summed E-state index contributed by atoms with van der Waals surface area (Å²) < 4.78 is 2.02. The maximum atomic E-state index is 13.1. The van der Waals surface area contributed by atoms with E-state index in [1.807, 2.05) is 0 Å². The second-order valence-electron chi connectivity index (χ2n) is 6.09. The van der Waals surface area contributed by atoms with E-state index in [1.165, 1.54) is 13.2 Å². The lowest BCUT2D eigenvalue weighted by Gasteiger charge is -2.30. The predicted octanol–water partition coefficient (Wildman–Crippen LogP) is 4.45. The summed E-state index contributed by atoms with van der Waals surface area (Å²) in [5.41, 5.74) is 0. The Kier molecular flexibility index (Phi) is 9.98. The number of hydrogen-bond acceptors (Lipinski definition) is 4. The number of alkyl halides is 6. The molecule has 0 fully saturated rings. The number of rotatable bonds is 8. The van der Waals surface area contributed by atoms with Gasteiger partial charge in [0.15, 0.2) is 7.59 Å². The zero-order chi connectivity index (χ0) is 21.7. The quantitative estimate of drug-likeness (QED) is 0.484. The molecule has 1 aliphatic rings. The first-order valence-electron chi connectivity index (χ1n) is 8.34. The Hall–Kier alpha value is -0.110. The van der Waals surface area contributed by atoms with Crippen molar-refractivity contribution in [3.63, 3.8) is 0 Å². The van der Waals surface area contributed by atoms with Crippen molar-refractivity contribution in [2.75, 3.05) is 7.11 Å². The van der Waals surface area contributed by atoms with Crippen LogP contribution in [0.5, 0.6) is 0 Å². The van der Waals surface area contributed by atoms with Gasteiger partial charge in [0.2, 0.25) is 5.91 Å². The molecule has 1 heterocycles. The fraction of sp³-hybridized carbons (Fsp3) is 0.688. The van der Waals surface area contributed by atoms with Crippen LogP contribution in [0.15, 0.2) is 11.8 Å². The second-order valence-corrected chi connectivity index (χ2v) is 11.1. The van der Waals surface area contributed by atoms with Crippen LogP contribution >= 0.6 is 69.6 Å².